The van der Waals surface area contributed by atoms with Gasteiger partial charge in [-0.15, -0.1) is 0 Å². The molecule has 0 saturated heterocycles. The van der Waals surface area contributed by atoms with E-state index in [1.165, 1.54) is 5.56 Å². The third kappa shape index (κ3) is 1.56. The van der Waals surface area contributed by atoms with Crippen molar-refractivity contribution in [2.45, 2.75) is 34.1 Å². The Bertz CT molecular complexity index is 243. The van der Waals surface area contributed by atoms with E-state index in [9.17, 15) is 0 Å². The van der Waals surface area contributed by atoms with Gasteiger partial charge >= 0.3 is 0 Å². The Kier molecular flexibility index (Phi) is 2.22. The number of aromatic nitrogens is 2. The van der Waals surface area contributed by atoms with Crippen molar-refractivity contribution in [3.63, 3.8) is 0 Å². The lowest BCUT2D eigenvalue weighted by Gasteiger charge is -2.05. The predicted molar refractivity (Wildman–Crippen MR) is 45.6 cm³/mol. The molecule has 0 aliphatic heterocycles. The molecule has 60 valence electrons. The quantitative estimate of drug-likeness (QED) is 0.611. The summed E-state index contributed by atoms with van der Waals surface area (Å²) < 4.78 is 0. The first kappa shape index (κ1) is 8.18. The van der Waals surface area contributed by atoms with Crippen LogP contribution in [0.5, 0.6) is 0 Å². The van der Waals surface area contributed by atoms with Crippen molar-refractivity contribution in [3.8, 4) is 0 Å². The lowest BCUT2D eigenvalue weighted by Crippen LogP contribution is -2.00. The Morgan fingerprint density at radius 2 is 1.45 bits per heavy atom. The molecule has 1 rings (SSSR count). The third-order valence-corrected chi connectivity index (χ3v) is 1.89. The van der Waals surface area contributed by atoms with Crippen LogP contribution in [-0.2, 0) is 6.42 Å². The average Bonchev–Trinajstić information content (AvgIpc) is 1.85. The summed E-state index contributed by atoms with van der Waals surface area (Å²) in [6, 6.07) is 0. The van der Waals surface area contributed by atoms with Crippen molar-refractivity contribution < 1.29 is 0 Å². The molecule has 0 unspecified atom stereocenters. The lowest BCUT2D eigenvalue weighted by atomic mass is 10.1. The van der Waals surface area contributed by atoms with E-state index in [1.54, 1.807) is 0 Å². The van der Waals surface area contributed by atoms with E-state index in [2.05, 4.69) is 16.9 Å². The van der Waals surface area contributed by atoms with Gasteiger partial charge in [-0.3, -0.25) is 0 Å². The molecule has 2 nitrogen and oxygen atoms in total. The standard InChI is InChI=1S/C9H14N2/c1-5-9-6(2)10-8(4)11-7(9)3/h5H2,1-4H3. The van der Waals surface area contributed by atoms with Gasteiger partial charge in [-0.1, -0.05) is 6.92 Å². The zero-order valence-corrected chi connectivity index (χ0v) is 7.60. The van der Waals surface area contributed by atoms with Crippen LogP contribution in [0.25, 0.3) is 0 Å². The molecular weight excluding hydrogens is 136 g/mol. The van der Waals surface area contributed by atoms with Gasteiger partial charge in [-0.25, -0.2) is 9.97 Å². The molecule has 0 saturated carbocycles. The first-order valence-electron chi connectivity index (χ1n) is 3.96. The summed E-state index contributed by atoms with van der Waals surface area (Å²) in [7, 11) is 0. The van der Waals surface area contributed by atoms with Gasteiger partial charge in [0.2, 0.25) is 0 Å². The van der Waals surface area contributed by atoms with Crippen molar-refractivity contribution >= 4 is 0 Å². The summed E-state index contributed by atoms with van der Waals surface area (Å²) in [5.74, 6) is 0.872. The van der Waals surface area contributed by atoms with Crippen LogP contribution in [0.3, 0.4) is 0 Å². The monoisotopic (exact) mass is 150 g/mol. The Labute approximate surface area is 67.7 Å². The summed E-state index contributed by atoms with van der Waals surface area (Å²) in [5, 5.41) is 0. The molecule has 1 aromatic heterocycles. The van der Waals surface area contributed by atoms with Crippen LogP contribution in [0, 0.1) is 20.8 Å². The van der Waals surface area contributed by atoms with E-state index in [0.29, 0.717) is 0 Å². The van der Waals surface area contributed by atoms with E-state index in [4.69, 9.17) is 0 Å². The molecule has 0 bridgehead atoms. The van der Waals surface area contributed by atoms with Crippen LogP contribution in [0.15, 0.2) is 0 Å². The molecule has 0 amide bonds. The topological polar surface area (TPSA) is 25.8 Å². The largest absolute Gasteiger partial charge is 0.238 e. The molecule has 0 spiro atoms. The van der Waals surface area contributed by atoms with Crippen molar-refractivity contribution in [1.82, 2.24) is 9.97 Å². The third-order valence-electron chi connectivity index (χ3n) is 1.89. The van der Waals surface area contributed by atoms with E-state index in [1.807, 2.05) is 20.8 Å². The Balaban J connectivity index is 3.25. The lowest BCUT2D eigenvalue weighted by molar-refractivity contribution is 0.912. The Morgan fingerprint density at radius 1 is 1.00 bits per heavy atom. The van der Waals surface area contributed by atoms with Gasteiger partial charge in [-0.2, -0.15) is 0 Å². The average molecular weight is 150 g/mol. The molecule has 0 aliphatic rings. The van der Waals surface area contributed by atoms with Crippen molar-refractivity contribution in [2.75, 3.05) is 0 Å². The van der Waals surface area contributed by atoms with E-state index >= 15 is 0 Å². The van der Waals surface area contributed by atoms with Gasteiger partial charge in [0.05, 0.1) is 0 Å². The van der Waals surface area contributed by atoms with Crippen LogP contribution in [-0.4, -0.2) is 9.97 Å². The highest BCUT2D eigenvalue weighted by Gasteiger charge is 2.02. The predicted octanol–water partition coefficient (Wildman–Crippen LogP) is 1.96. The molecule has 0 N–H and O–H groups in total. The van der Waals surface area contributed by atoms with Crippen LogP contribution < -0.4 is 0 Å². The number of rotatable bonds is 1. The van der Waals surface area contributed by atoms with E-state index in [-0.39, 0.29) is 0 Å². The molecular formula is C9H14N2. The number of hydrogen-bond acceptors (Lipinski definition) is 2. The number of nitrogens with zero attached hydrogens (tertiary/aromatic N) is 2. The van der Waals surface area contributed by atoms with Crippen LogP contribution in [0.4, 0.5) is 0 Å². The maximum Gasteiger partial charge on any atom is 0.125 e. The summed E-state index contributed by atoms with van der Waals surface area (Å²) in [6.07, 6.45) is 1.03. The summed E-state index contributed by atoms with van der Waals surface area (Å²) >= 11 is 0. The fourth-order valence-electron chi connectivity index (χ4n) is 1.42. The van der Waals surface area contributed by atoms with Gasteiger partial charge in [0.15, 0.2) is 0 Å². The van der Waals surface area contributed by atoms with Gasteiger partial charge in [-0.05, 0) is 32.8 Å². The molecule has 0 atom stereocenters. The molecule has 0 radical (unpaired) electrons. The molecule has 1 heterocycles. The summed E-state index contributed by atoms with van der Waals surface area (Å²) in [5.41, 5.74) is 3.53. The van der Waals surface area contributed by atoms with Crippen molar-refractivity contribution in [2.24, 2.45) is 0 Å². The molecule has 0 aromatic carbocycles. The van der Waals surface area contributed by atoms with Crippen molar-refractivity contribution in [3.05, 3.63) is 22.8 Å². The van der Waals surface area contributed by atoms with Crippen LogP contribution in [0.2, 0.25) is 0 Å². The second-order valence-electron chi connectivity index (χ2n) is 2.77. The summed E-state index contributed by atoms with van der Waals surface area (Å²) in [6.45, 7) is 8.15. The highest BCUT2D eigenvalue weighted by atomic mass is 14.9. The fraction of sp³-hybridized carbons (Fsp3) is 0.556. The minimum atomic E-state index is 0.872. The first-order chi connectivity index (χ1) is 5.15. The van der Waals surface area contributed by atoms with Crippen molar-refractivity contribution in [1.29, 1.82) is 0 Å². The minimum Gasteiger partial charge on any atom is -0.238 e. The normalized spacial score (nSPS) is 10.2. The summed E-state index contributed by atoms with van der Waals surface area (Å²) in [4.78, 5) is 8.59. The maximum absolute atomic E-state index is 4.29. The second kappa shape index (κ2) is 2.99. The number of hydrogen-bond donors (Lipinski definition) is 0. The highest BCUT2D eigenvalue weighted by molar-refractivity contribution is 5.23. The SMILES string of the molecule is CCc1c(C)nc(C)nc1C. The number of aryl methyl sites for hydroxylation is 3. The fourth-order valence-corrected chi connectivity index (χ4v) is 1.42. The highest BCUT2D eigenvalue weighted by Crippen LogP contribution is 2.09. The Hall–Kier alpha value is -0.920. The van der Waals surface area contributed by atoms with Gasteiger partial charge < -0.3 is 0 Å². The van der Waals surface area contributed by atoms with E-state index in [0.717, 1.165) is 23.6 Å². The molecule has 11 heavy (non-hydrogen) atoms. The molecule has 1 aromatic rings. The van der Waals surface area contributed by atoms with E-state index < -0.39 is 0 Å². The second-order valence-corrected chi connectivity index (χ2v) is 2.77. The molecule has 0 fully saturated rings. The first-order valence-corrected chi connectivity index (χ1v) is 3.96. The molecule has 0 aliphatic carbocycles. The van der Waals surface area contributed by atoms with Gasteiger partial charge in [0, 0.05) is 11.4 Å². The molecule has 2 heteroatoms. The van der Waals surface area contributed by atoms with Crippen LogP contribution in [0.1, 0.15) is 29.7 Å². The zero-order valence-electron chi connectivity index (χ0n) is 7.60. The van der Waals surface area contributed by atoms with Gasteiger partial charge in [0.25, 0.3) is 0 Å². The zero-order chi connectivity index (χ0) is 8.43. The Morgan fingerprint density at radius 3 is 1.82 bits per heavy atom. The smallest absolute Gasteiger partial charge is 0.125 e. The minimum absolute atomic E-state index is 0.872. The van der Waals surface area contributed by atoms with Crippen LogP contribution >= 0.6 is 0 Å². The van der Waals surface area contributed by atoms with Gasteiger partial charge in [0.1, 0.15) is 5.82 Å². The maximum atomic E-state index is 4.29.